The molecule has 1 fully saturated rings. The van der Waals surface area contributed by atoms with Crippen molar-refractivity contribution in [1.29, 1.82) is 0 Å². The molecule has 1 aliphatic rings. The summed E-state index contributed by atoms with van der Waals surface area (Å²) in [5.74, 6) is 0.0202. The number of benzene rings is 1. The second kappa shape index (κ2) is 7.69. The molecule has 1 aromatic carbocycles. The van der Waals surface area contributed by atoms with Crippen molar-refractivity contribution < 1.29 is 4.79 Å². The van der Waals surface area contributed by atoms with E-state index in [2.05, 4.69) is 73.1 Å². The van der Waals surface area contributed by atoms with E-state index in [1.807, 2.05) is 24.7 Å². The van der Waals surface area contributed by atoms with Crippen LogP contribution in [0.5, 0.6) is 0 Å². The molecule has 1 aliphatic heterocycles. The van der Waals surface area contributed by atoms with E-state index in [0.29, 0.717) is 13.0 Å². The number of rotatable bonds is 5. The number of carbonyl (C=O) groups is 1. The predicted octanol–water partition coefficient (Wildman–Crippen LogP) is 2.48. The second-order valence-electron chi connectivity index (χ2n) is 7.34. The van der Waals surface area contributed by atoms with Gasteiger partial charge in [-0.25, -0.2) is 10.9 Å². The Hall–Kier alpha value is -2.16. The van der Waals surface area contributed by atoms with E-state index in [1.54, 1.807) is 0 Å². The highest BCUT2D eigenvalue weighted by Gasteiger charge is 2.32. The van der Waals surface area contributed by atoms with Crippen molar-refractivity contribution in [1.82, 2.24) is 30.5 Å². The van der Waals surface area contributed by atoms with Gasteiger partial charge < -0.3 is 9.88 Å². The van der Waals surface area contributed by atoms with Gasteiger partial charge in [-0.1, -0.05) is 22.0 Å². The summed E-state index contributed by atoms with van der Waals surface area (Å²) in [5, 5.41) is 8.73. The molecule has 1 saturated heterocycles. The van der Waals surface area contributed by atoms with Crippen molar-refractivity contribution >= 4 is 32.7 Å². The minimum atomic E-state index is -0.250. The molecule has 0 spiro atoms. The molecule has 4 rings (SSSR count). The minimum Gasteiger partial charge on any atom is -0.353 e. The predicted molar refractivity (Wildman–Crippen MR) is 113 cm³/mol. The van der Waals surface area contributed by atoms with E-state index in [4.69, 9.17) is 0 Å². The van der Waals surface area contributed by atoms with Crippen molar-refractivity contribution in [2.45, 2.75) is 38.9 Å². The summed E-state index contributed by atoms with van der Waals surface area (Å²) in [6.45, 7) is 5.39. The van der Waals surface area contributed by atoms with Crippen LogP contribution in [0, 0.1) is 13.8 Å². The van der Waals surface area contributed by atoms with Gasteiger partial charge in [0.05, 0.1) is 11.7 Å². The van der Waals surface area contributed by atoms with Crippen molar-refractivity contribution in [2.75, 3.05) is 6.54 Å². The number of amides is 1. The lowest BCUT2D eigenvalue weighted by Gasteiger charge is -2.12. The third-order valence-electron chi connectivity index (χ3n) is 5.52. The van der Waals surface area contributed by atoms with Crippen molar-refractivity contribution in [3.8, 4) is 0 Å². The number of aromatic nitrogens is 3. The standard InChI is InChI=1S/C20H25BrN6O/c1-12-19(13(2)26(3)25-12)16-11-17(24-23-16)20(28)22-7-9-27-8-6-14-4-5-15(21)10-18(14)27/h4-6,8,10,16-17,23-24H,7,9,11H2,1-3H3,(H,22,28). The van der Waals surface area contributed by atoms with Gasteiger partial charge in [0.15, 0.2) is 0 Å². The monoisotopic (exact) mass is 444 g/mol. The number of fused-ring (bicyclic) bond motifs is 1. The molecule has 2 unspecified atom stereocenters. The van der Waals surface area contributed by atoms with Crippen molar-refractivity contribution in [2.24, 2.45) is 7.05 Å². The van der Waals surface area contributed by atoms with E-state index in [0.717, 1.165) is 27.9 Å². The van der Waals surface area contributed by atoms with Gasteiger partial charge in [-0.05, 0) is 43.9 Å². The first-order valence-corrected chi connectivity index (χ1v) is 10.3. The molecular weight excluding hydrogens is 420 g/mol. The van der Waals surface area contributed by atoms with Crippen LogP contribution in [0.1, 0.15) is 29.4 Å². The topological polar surface area (TPSA) is 75.9 Å². The fourth-order valence-corrected chi connectivity index (χ4v) is 4.34. The number of hydrazine groups is 1. The van der Waals surface area contributed by atoms with E-state index < -0.39 is 0 Å². The first-order chi connectivity index (χ1) is 13.4. The summed E-state index contributed by atoms with van der Waals surface area (Å²) in [7, 11) is 1.95. The molecule has 7 nitrogen and oxygen atoms in total. The molecule has 148 valence electrons. The molecule has 0 saturated carbocycles. The third kappa shape index (κ3) is 3.59. The fraction of sp³-hybridized carbons (Fsp3) is 0.400. The highest BCUT2D eigenvalue weighted by Crippen LogP contribution is 2.27. The molecule has 1 amide bonds. The number of hydrogen-bond donors (Lipinski definition) is 3. The van der Waals surface area contributed by atoms with Gasteiger partial charge >= 0.3 is 0 Å². The van der Waals surface area contributed by atoms with Crippen LogP contribution < -0.4 is 16.2 Å². The maximum atomic E-state index is 12.6. The summed E-state index contributed by atoms with van der Waals surface area (Å²) >= 11 is 3.52. The maximum Gasteiger partial charge on any atom is 0.238 e. The van der Waals surface area contributed by atoms with Crippen LogP contribution in [-0.2, 0) is 18.4 Å². The normalized spacial score (nSPS) is 19.4. The van der Waals surface area contributed by atoms with E-state index in [1.165, 1.54) is 10.9 Å². The molecule has 3 aromatic rings. The molecule has 2 aromatic heterocycles. The van der Waals surface area contributed by atoms with Crippen LogP contribution in [0.4, 0.5) is 0 Å². The smallest absolute Gasteiger partial charge is 0.238 e. The number of nitrogens with zero attached hydrogens (tertiary/aromatic N) is 3. The van der Waals surface area contributed by atoms with Crippen LogP contribution in [0.15, 0.2) is 34.9 Å². The average Bonchev–Trinajstić information content (AvgIpc) is 3.34. The summed E-state index contributed by atoms with van der Waals surface area (Å²) in [6, 6.07) is 8.16. The lowest BCUT2D eigenvalue weighted by Crippen LogP contribution is -2.44. The SMILES string of the molecule is Cc1nn(C)c(C)c1C1CC(C(=O)NCCn2ccc3ccc(Br)cc32)NN1. The van der Waals surface area contributed by atoms with Crippen LogP contribution in [0.25, 0.3) is 10.9 Å². The van der Waals surface area contributed by atoms with E-state index in [-0.39, 0.29) is 18.0 Å². The van der Waals surface area contributed by atoms with Gasteiger partial charge in [0, 0.05) is 47.6 Å². The van der Waals surface area contributed by atoms with E-state index in [9.17, 15) is 4.79 Å². The lowest BCUT2D eigenvalue weighted by molar-refractivity contribution is -0.122. The maximum absolute atomic E-state index is 12.6. The van der Waals surface area contributed by atoms with Crippen LogP contribution in [0.3, 0.4) is 0 Å². The van der Waals surface area contributed by atoms with Crippen LogP contribution in [0.2, 0.25) is 0 Å². The Morgan fingerprint density at radius 2 is 2.14 bits per heavy atom. The highest BCUT2D eigenvalue weighted by molar-refractivity contribution is 9.10. The molecule has 0 aliphatic carbocycles. The summed E-state index contributed by atoms with van der Waals surface area (Å²) in [6.07, 6.45) is 2.77. The Balaban J connectivity index is 1.34. The van der Waals surface area contributed by atoms with E-state index >= 15 is 0 Å². The zero-order valence-electron chi connectivity index (χ0n) is 16.3. The zero-order chi connectivity index (χ0) is 19.8. The molecule has 0 radical (unpaired) electrons. The summed E-state index contributed by atoms with van der Waals surface area (Å²) < 4.78 is 5.10. The Bertz CT molecular complexity index is 1020. The third-order valence-corrected chi connectivity index (χ3v) is 6.01. The Kier molecular flexibility index (Phi) is 5.27. The molecule has 3 heterocycles. The fourth-order valence-electron chi connectivity index (χ4n) is 3.99. The summed E-state index contributed by atoms with van der Waals surface area (Å²) in [5.41, 5.74) is 10.9. The first-order valence-electron chi connectivity index (χ1n) is 9.47. The second-order valence-corrected chi connectivity index (χ2v) is 8.26. The number of nitrogens with one attached hydrogen (secondary N) is 3. The van der Waals surface area contributed by atoms with Gasteiger partial charge in [-0.2, -0.15) is 5.10 Å². The molecular formula is C20H25BrN6O. The lowest BCUT2D eigenvalue weighted by atomic mass is 10.00. The Morgan fingerprint density at radius 3 is 2.89 bits per heavy atom. The first kappa shape index (κ1) is 19.2. The molecule has 2 atom stereocenters. The van der Waals surface area contributed by atoms with Gasteiger partial charge in [0.1, 0.15) is 6.04 Å². The van der Waals surface area contributed by atoms with Gasteiger partial charge in [-0.3, -0.25) is 9.48 Å². The minimum absolute atomic E-state index is 0.0202. The molecule has 28 heavy (non-hydrogen) atoms. The van der Waals surface area contributed by atoms with Crippen molar-refractivity contribution in [3.05, 3.63) is 51.9 Å². The number of halogens is 1. The summed E-state index contributed by atoms with van der Waals surface area (Å²) in [4.78, 5) is 12.6. The quantitative estimate of drug-likeness (QED) is 0.564. The Morgan fingerprint density at radius 1 is 1.32 bits per heavy atom. The Labute approximate surface area is 172 Å². The molecule has 0 bridgehead atoms. The van der Waals surface area contributed by atoms with Crippen LogP contribution >= 0.6 is 15.9 Å². The number of aryl methyl sites for hydroxylation is 2. The highest BCUT2D eigenvalue weighted by atomic mass is 79.9. The van der Waals surface area contributed by atoms with Gasteiger partial charge in [0.2, 0.25) is 5.91 Å². The number of hydrogen-bond acceptors (Lipinski definition) is 4. The van der Waals surface area contributed by atoms with Gasteiger partial charge in [0.25, 0.3) is 0 Å². The zero-order valence-corrected chi connectivity index (χ0v) is 17.9. The average molecular weight is 445 g/mol. The largest absolute Gasteiger partial charge is 0.353 e. The van der Waals surface area contributed by atoms with Crippen LogP contribution in [-0.4, -0.2) is 32.8 Å². The number of carbonyl (C=O) groups excluding carboxylic acids is 1. The molecule has 3 N–H and O–H groups in total. The van der Waals surface area contributed by atoms with Gasteiger partial charge in [-0.15, -0.1) is 0 Å². The molecule has 8 heteroatoms. The van der Waals surface area contributed by atoms with Crippen molar-refractivity contribution in [3.63, 3.8) is 0 Å².